The van der Waals surface area contributed by atoms with E-state index in [1.165, 1.54) is 17.0 Å². The van der Waals surface area contributed by atoms with E-state index in [1.54, 1.807) is 13.1 Å². The van der Waals surface area contributed by atoms with Crippen molar-refractivity contribution < 1.29 is 9.18 Å². The molecule has 0 spiro atoms. The Kier molecular flexibility index (Phi) is 2.34. The molecule has 1 aromatic rings. The number of rotatable bonds is 0. The van der Waals surface area contributed by atoms with Crippen molar-refractivity contribution in [2.45, 2.75) is 19.4 Å². The van der Waals surface area contributed by atoms with E-state index in [0.29, 0.717) is 12.1 Å². The second kappa shape index (κ2) is 3.53. The lowest BCUT2D eigenvalue weighted by Gasteiger charge is -2.16. The number of nitrogens with one attached hydrogen (secondary N) is 1. The predicted octanol–water partition coefficient (Wildman–Crippen LogP) is 1.99. The second-order valence-electron chi connectivity index (χ2n) is 3.86. The summed E-state index contributed by atoms with van der Waals surface area (Å²) in [7, 11) is 1.67. The maximum absolute atomic E-state index is 13.1. The van der Waals surface area contributed by atoms with Gasteiger partial charge in [0.15, 0.2) is 0 Å². The van der Waals surface area contributed by atoms with Crippen LogP contribution < -0.4 is 10.2 Å². The maximum atomic E-state index is 13.1. The molecule has 15 heavy (non-hydrogen) atoms. The minimum atomic E-state index is -0.329. The number of fused-ring (bicyclic) bond motifs is 1. The van der Waals surface area contributed by atoms with Gasteiger partial charge in [-0.05, 0) is 25.1 Å². The topological polar surface area (TPSA) is 32.3 Å². The standard InChI is InChI=1S/C11H13FN2O/c1-7-5-11(15)14(2)10-6-8(12)3-4-9(10)13-7/h3-4,6-7,13H,5H2,1-2H3. The molecule has 0 bridgehead atoms. The highest BCUT2D eigenvalue weighted by Crippen LogP contribution is 2.30. The average Bonchev–Trinajstić information content (AvgIpc) is 2.27. The Bertz CT molecular complexity index is 406. The summed E-state index contributed by atoms with van der Waals surface area (Å²) in [5.74, 6) is -0.330. The van der Waals surface area contributed by atoms with Crippen LogP contribution in [0.4, 0.5) is 15.8 Å². The summed E-state index contributed by atoms with van der Waals surface area (Å²) in [5.41, 5.74) is 1.40. The van der Waals surface area contributed by atoms with Crippen LogP contribution in [0.1, 0.15) is 13.3 Å². The Morgan fingerprint density at radius 2 is 2.27 bits per heavy atom. The van der Waals surface area contributed by atoms with E-state index in [1.807, 2.05) is 6.92 Å². The van der Waals surface area contributed by atoms with E-state index in [0.717, 1.165) is 5.69 Å². The van der Waals surface area contributed by atoms with Crippen LogP contribution in [0.15, 0.2) is 18.2 Å². The molecule has 1 N–H and O–H groups in total. The minimum absolute atomic E-state index is 0.000602. The van der Waals surface area contributed by atoms with Crippen molar-refractivity contribution >= 4 is 17.3 Å². The van der Waals surface area contributed by atoms with Crippen molar-refractivity contribution in [2.24, 2.45) is 0 Å². The fraction of sp³-hybridized carbons (Fsp3) is 0.364. The highest BCUT2D eigenvalue weighted by Gasteiger charge is 2.22. The molecule has 0 saturated carbocycles. The molecule has 1 amide bonds. The second-order valence-corrected chi connectivity index (χ2v) is 3.86. The Morgan fingerprint density at radius 3 is 3.00 bits per heavy atom. The van der Waals surface area contributed by atoms with Gasteiger partial charge in [-0.3, -0.25) is 4.79 Å². The van der Waals surface area contributed by atoms with Gasteiger partial charge in [0.25, 0.3) is 0 Å². The first-order chi connectivity index (χ1) is 7.08. The van der Waals surface area contributed by atoms with Gasteiger partial charge in [0.05, 0.1) is 11.4 Å². The van der Waals surface area contributed by atoms with Crippen LogP contribution in [0, 0.1) is 5.82 Å². The molecule has 1 aromatic carbocycles. The summed E-state index contributed by atoms with van der Waals surface area (Å²) < 4.78 is 13.1. The summed E-state index contributed by atoms with van der Waals surface area (Å²) >= 11 is 0. The Morgan fingerprint density at radius 1 is 1.53 bits per heavy atom. The number of anilines is 2. The summed E-state index contributed by atoms with van der Waals surface area (Å²) in [6.07, 6.45) is 0.423. The Labute approximate surface area is 87.9 Å². The van der Waals surface area contributed by atoms with Gasteiger partial charge in [-0.15, -0.1) is 0 Å². The van der Waals surface area contributed by atoms with E-state index in [-0.39, 0.29) is 17.8 Å². The molecule has 1 aliphatic rings. The highest BCUT2D eigenvalue weighted by molar-refractivity contribution is 5.98. The van der Waals surface area contributed by atoms with E-state index < -0.39 is 0 Å². The van der Waals surface area contributed by atoms with Crippen molar-refractivity contribution in [2.75, 3.05) is 17.3 Å². The lowest BCUT2D eigenvalue weighted by atomic mass is 10.2. The third kappa shape index (κ3) is 1.79. The zero-order valence-corrected chi connectivity index (χ0v) is 8.75. The van der Waals surface area contributed by atoms with Crippen LogP contribution in [0.25, 0.3) is 0 Å². The Balaban J connectivity index is 2.50. The number of carbonyl (C=O) groups excluding carboxylic acids is 1. The fourth-order valence-electron chi connectivity index (χ4n) is 1.75. The van der Waals surface area contributed by atoms with E-state index >= 15 is 0 Å². The number of halogens is 1. The molecule has 4 heteroatoms. The molecule has 0 radical (unpaired) electrons. The number of amides is 1. The van der Waals surface area contributed by atoms with Crippen LogP contribution >= 0.6 is 0 Å². The van der Waals surface area contributed by atoms with Gasteiger partial charge in [0, 0.05) is 19.5 Å². The molecule has 80 valence electrons. The van der Waals surface area contributed by atoms with E-state index in [4.69, 9.17) is 0 Å². The zero-order chi connectivity index (χ0) is 11.0. The number of carbonyl (C=O) groups is 1. The number of nitrogens with zero attached hydrogens (tertiary/aromatic N) is 1. The lowest BCUT2D eigenvalue weighted by molar-refractivity contribution is -0.118. The third-order valence-electron chi connectivity index (χ3n) is 2.58. The maximum Gasteiger partial charge on any atom is 0.228 e. The summed E-state index contributed by atoms with van der Waals surface area (Å²) in [6.45, 7) is 1.93. The van der Waals surface area contributed by atoms with Crippen LogP contribution in [0.2, 0.25) is 0 Å². The van der Waals surface area contributed by atoms with Gasteiger partial charge in [0.2, 0.25) is 5.91 Å². The Hall–Kier alpha value is -1.58. The highest BCUT2D eigenvalue weighted by atomic mass is 19.1. The molecule has 2 rings (SSSR count). The molecule has 0 aliphatic carbocycles. The third-order valence-corrected chi connectivity index (χ3v) is 2.58. The molecule has 0 fully saturated rings. The molecular formula is C11H13FN2O. The summed E-state index contributed by atoms with van der Waals surface area (Å²) in [6, 6.07) is 4.50. The molecule has 1 atom stereocenters. The van der Waals surface area contributed by atoms with Gasteiger partial charge >= 0.3 is 0 Å². The minimum Gasteiger partial charge on any atom is -0.380 e. The SMILES string of the molecule is CC1CC(=O)N(C)c2cc(F)ccc2N1. The van der Waals surface area contributed by atoms with Crippen molar-refractivity contribution in [3.63, 3.8) is 0 Å². The molecule has 0 saturated heterocycles. The average molecular weight is 208 g/mol. The van der Waals surface area contributed by atoms with E-state index in [2.05, 4.69) is 5.32 Å². The number of benzene rings is 1. The van der Waals surface area contributed by atoms with Crippen molar-refractivity contribution in [3.05, 3.63) is 24.0 Å². The quantitative estimate of drug-likeness (QED) is 0.707. The summed E-state index contributed by atoms with van der Waals surface area (Å²) in [5, 5.41) is 3.18. The monoisotopic (exact) mass is 208 g/mol. The number of hydrogen-bond donors (Lipinski definition) is 1. The smallest absolute Gasteiger partial charge is 0.228 e. The van der Waals surface area contributed by atoms with Gasteiger partial charge in [-0.25, -0.2) is 4.39 Å². The molecule has 1 heterocycles. The largest absolute Gasteiger partial charge is 0.380 e. The lowest BCUT2D eigenvalue weighted by Crippen LogP contribution is -2.27. The summed E-state index contributed by atoms with van der Waals surface area (Å²) in [4.78, 5) is 13.2. The molecule has 3 nitrogen and oxygen atoms in total. The van der Waals surface area contributed by atoms with Crippen molar-refractivity contribution in [3.8, 4) is 0 Å². The normalized spacial score (nSPS) is 20.6. The van der Waals surface area contributed by atoms with Crippen LogP contribution in [0.5, 0.6) is 0 Å². The molecule has 1 aliphatic heterocycles. The van der Waals surface area contributed by atoms with Crippen LogP contribution in [-0.4, -0.2) is 19.0 Å². The van der Waals surface area contributed by atoms with Crippen LogP contribution in [0.3, 0.4) is 0 Å². The van der Waals surface area contributed by atoms with Gasteiger partial charge < -0.3 is 10.2 Å². The van der Waals surface area contributed by atoms with E-state index in [9.17, 15) is 9.18 Å². The molecule has 0 aromatic heterocycles. The predicted molar refractivity (Wildman–Crippen MR) is 57.5 cm³/mol. The first-order valence-corrected chi connectivity index (χ1v) is 4.90. The van der Waals surface area contributed by atoms with Crippen molar-refractivity contribution in [1.82, 2.24) is 0 Å². The molecular weight excluding hydrogens is 195 g/mol. The first kappa shape index (κ1) is 9.96. The van der Waals surface area contributed by atoms with Crippen molar-refractivity contribution in [1.29, 1.82) is 0 Å². The van der Waals surface area contributed by atoms with Gasteiger partial charge in [-0.1, -0.05) is 0 Å². The number of hydrogen-bond acceptors (Lipinski definition) is 2. The van der Waals surface area contributed by atoms with Gasteiger partial charge in [-0.2, -0.15) is 0 Å². The zero-order valence-electron chi connectivity index (χ0n) is 8.75. The van der Waals surface area contributed by atoms with Gasteiger partial charge in [0.1, 0.15) is 5.82 Å². The fourth-order valence-corrected chi connectivity index (χ4v) is 1.75. The van der Waals surface area contributed by atoms with Crippen LogP contribution in [-0.2, 0) is 4.79 Å². The first-order valence-electron chi connectivity index (χ1n) is 4.90. The molecule has 1 unspecified atom stereocenters.